The summed E-state index contributed by atoms with van der Waals surface area (Å²) in [5.41, 5.74) is 1.02. The molecule has 0 saturated carbocycles. The van der Waals surface area contributed by atoms with Gasteiger partial charge in [0.05, 0.1) is 16.4 Å². The first kappa shape index (κ1) is 23.4. The number of amides is 1. The monoisotopic (exact) mass is 477 g/mol. The van der Waals surface area contributed by atoms with Crippen LogP contribution < -0.4 is 5.32 Å². The summed E-state index contributed by atoms with van der Waals surface area (Å²) in [6.45, 7) is -0.0129. The molecule has 0 radical (unpaired) electrons. The highest BCUT2D eigenvalue weighted by Crippen LogP contribution is 2.23. The fourth-order valence-corrected chi connectivity index (χ4v) is 4.14. The molecule has 1 N–H and O–H groups in total. The van der Waals surface area contributed by atoms with Crippen LogP contribution in [0.1, 0.15) is 21.8 Å². The molecular weight excluding hydrogens is 458 g/mol. The van der Waals surface area contributed by atoms with Crippen LogP contribution in [-0.2, 0) is 22.3 Å². The first-order chi connectivity index (χ1) is 15.2. The van der Waals surface area contributed by atoms with Crippen LogP contribution in [0.2, 0.25) is 0 Å². The SMILES string of the molecule is CN(C)S(=O)(=O)c1ccc(C(=O)NCc2nnc(SCc3cccc([N+](=O)[O-])c3)o2)cc1. The summed E-state index contributed by atoms with van der Waals surface area (Å²) >= 11 is 1.22. The van der Waals surface area contributed by atoms with E-state index in [0.717, 1.165) is 9.87 Å². The third kappa shape index (κ3) is 5.69. The van der Waals surface area contributed by atoms with Crippen molar-refractivity contribution < 1.29 is 22.6 Å². The molecular formula is C19H19N5O6S2. The van der Waals surface area contributed by atoms with Crippen molar-refractivity contribution in [2.24, 2.45) is 0 Å². The number of benzene rings is 2. The minimum atomic E-state index is -3.57. The molecule has 0 bridgehead atoms. The van der Waals surface area contributed by atoms with Gasteiger partial charge in [-0.2, -0.15) is 0 Å². The molecule has 0 fully saturated rings. The van der Waals surface area contributed by atoms with E-state index < -0.39 is 20.9 Å². The molecule has 0 aliphatic carbocycles. The minimum absolute atomic E-state index is 0.00405. The Morgan fingerprint density at radius 1 is 1.19 bits per heavy atom. The first-order valence-corrected chi connectivity index (χ1v) is 11.6. The number of nitro groups is 1. The third-order valence-electron chi connectivity index (χ3n) is 4.23. The lowest BCUT2D eigenvalue weighted by Crippen LogP contribution is -2.24. The highest BCUT2D eigenvalue weighted by molar-refractivity contribution is 7.98. The van der Waals surface area contributed by atoms with Gasteiger partial charge in [-0.3, -0.25) is 14.9 Å². The number of sulfonamides is 1. The molecule has 1 heterocycles. The van der Waals surface area contributed by atoms with Gasteiger partial charge < -0.3 is 9.73 Å². The maximum absolute atomic E-state index is 12.3. The normalized spacial score (nSPS) is 11.5. The summed E-state index contributed by atoms with van der Waals surface area (Å²) in [7, 11) is -0.717. The van der Waals surface area contributed by atoms with E-state index in [9.17, 15) is 23.3 Å². The fourth-order valence-electron chi connectivity index (χ4n) is 2.52. The number of hydrogen-bond acceptors (Lipinski definition) is 9. The Hall–Kier alpha value is -3.29. The third-order valence-corrected chi connectivity index (χ3v) is 6.95. The molecule has 0 spiro atoms. The van der Waals surface area contributed by atoms with E-state index in [1.54, 1.807) is 12.1 Å². The minimum Gasteiger partial charge on any atom is -0.414 e. The van der Waals surface area contributed by atoms with Crippen LogP contribution in [0.4, 0.5) is 5.69 Å². The standard InChI is InChI=1S/C19H19N5O6S2/c1-23(2)32(28,29)16-8-6-14(7-9-16)18(25)20-11-17-21-22-19(30-17)31-12-13-4-3-5-15(10-13)24(26)27/h3-10H,11-12H2,1-2H3,(H,20,25). The fraction of sp³-hybridized carbons (Fsp3) is 0.211. The van der Waals surface area contributed by atoms with Crippen LogP contribution in [0.25, 0.3) is 0 Å². The average Bonchev–Trinajstić information content (AvgIpc) is 3.24. The van der Waals surface area contributed by atoms with Gasteiger partial charge in [0.15, 0.2) is 0 Å². The van der Waals surface area contributed by atoms with Gasteiger partial charge in [-0.25, -0.2) is 12.7 Å². The van der Waals surface area contributed by atoms with Crippen LogP contribution in [0.5, 0.6) is 0 Å². The molecule has 0 unspecified atom stereocenters. The molecule has 0 atom stereocenters. The van der Waals surface area contributed by atoms with Gasteiger partial charge in [0.1, 0.15) is 0 Å². The van der Waals surface area contributed by atoms with Gasteiger partial charge in [-0.05, 0) is 29.8 Å². The number of nitro benzene ring substituents is 1. The van der Waals surface area contributed by atoms with Crippen LogP contribution in [-0.4, -0.2) is 47.8 Å². The molecule has 3 aromatic rings. The van der Waals surface area contributed by atoms with Crippen molar-refractivity contribution in [3.63, 3.8) is 0 Å². The lowest BCUT2D eigenvalue weighted by molar-refractivity contribution is -0.384. The number of nitrogens with zero attached hydrogens (tertiary/aromatic N) is 4. The number of thioether (sulfide) groups is 1. The number of rotatable bonds is 9. The van der Waals surface area contributed by atoms with E-state index in [0.29, 0.717) is 5.75 Å². The number of carbonyl (C=O) groups excluding carboxylic acids is 1. The molecule has 168 valence electrons. The molecule has 0 aliphatic heterocycles. The van der Waals surface area contributed by atoms with Gasteiger partial charge in [0.2, 0.25) is 15.9 Å². The van der Waals surface area contributed by atoms with Crippen LogP contribution in [0.15, 0.2) is 63.1 Å². The maximum Gasteiger partial charge on any atom is 0.276 e. The Kier molecular flexibility index (Phi) is 7.22. The van der Waals surface area contributed by atoms with Crippen LogP contribution in [0.3, 0.4) is 0 Å². The van der Waals surface area contributed by atoms with Gasteiger partial charge in [-0.15, -0.1) is 10.2 Å². The second-order valence-electron chi connectivity index (χ2n) is 6.67. The van der Waals surface area contributed by atoms with Gasteiger partial charge in [0.25, 0.3) is 16.8 Å². The largest absolute Gasteiger partial charge is 0.414 e. The number of aromatic nitrogens is 2. The second-order valence-corrected chi connectivity index (χ2v) is 9.75. The van der Waals surface area contributed by atoms with E-state index in [2.05, 4.69) is 15.5 Å². The first-order valence-electron chi connectivity index (χ1n) is 9.16. The summed E-state index contributed by atoms with van der Waals surface area (Å²) in [5.74, 6) is 0.159. The number of hydrogen-bond donors (Lipinski definition) is 1. The van der Waals surface area contributed by atoms with Crippen molar-refractivity contribution in [1.82, 2.24) is 19.8 Å². The smallest absolute Gasteiger partial charge is 0.276 e. The maximum atomic E-state index is 12.3. The zero-order chi connectivity index (χ0) is 23.3. The average molecular weight is 478 g/mol. The predicted octanol–water partition coefficient (Wildman–Crippen LogP) is 2.45. The summed E-state index contributed by atoms with van der Waals surface area (Å²) in [6, 6.07) is 11.8. The summed E-state index contributed by atoms with van der Waals surface area (Å²) in [5, 5.41) is 21.5. The van der Waals surface area contributed by atoms with Crippen molar-refractivity contribution in [2.45, 2.75) is 22.4 Å². The van der Waals surface area contributed by atoms with E-state index in [1.807, 2.05) is 0 Å². The van der Waals surface area contributed by atoms with E-state index in [4.69, 9.17) is 4.42 Å². The second kappa shape index (κ2) is 9.89. The Morgan fingerprint density at radius 3 is 2.56 bits per heavy atom. The van der Waals surface area contributed by atoms with Gasteiger partial charge in [0, 0.05) is 37.5 Å². The molecule has 3 rings (SSSR count). The Labute approximate surface area is 188 Å². The summed E-state index contributed by atoms with van der Waals surface area (Å²) < 4.78 is 30.7. The van der Waals surface area contributed by atoms with Crippen molar-refractivity contribution in [2.75, 3.05) is 14.1 Å². The van der Waals surface area contributed by atoms with Gasteiger partial charge >= 0.3 is 0 Å². The van der Waals surface area contributed by atoms with Gasteiger partial charge in [-0.1, -0.05) is 23.9 Å². The molecule has 1 aromatic heterocycles. The molecule has 11 nitrogen and oxygen atoms in total. The zero-order valence-corrected chi connectivity index (χ0v) is 18.7. The molecule has 0 saturated heterocycles. The molecule has 1 amide bonds. The van der Waals surface area contributed by atoms with Crippen LogP contribution in [0, 0.1) is 10.1 Å². The van der Waals surface area contributed by atoms with Crippen molar-refractivity contribution in [3.8, 4) is 0 Å². The van der Waals surface area contributed by atoms with Crippen molar-refractivity contribution in [1.29, 1.82) is 0 Å². The lowest BCUT2D eigenvalue weighted by atomic mass is 10.2. The van der Waals surface area contributed by atoms with E-state index in [1.165, 1.54) is 62.3 Å². The zero-order valence-electron chi connectivity index (χ0n) is 17.1. The van der Waals surface area contributed by atoms with E-state index >= 15 is 0 Å². The quantitative estimate of drug-likeness (QED) is 0.278. The molecule has 0 aliphatic rings. The van der Waals surface area contributed by atoms with Crippen molar-refractivity contribution in [3.05, 3.63) is 75.7 Å². The van der Waals surface area contributed by atoms with Crippen molar-refractivity contribution >= 4 is 33.4 Å². The topological polar surface area (TPSA) is 149 Å². The molecule has 13 heteroatoms. The predicted molar refractivity (Wildman–Crippen MR) is 115 cm³/mol. The number of non-ortho nitro benzene ring substituents is 1. The van der Waals surface area contributed by atoms with Crippen LogP contribution >= 0.6 is 11.8 Å². The van der Waals surface area contributed by atoms with E-state index in [-0.39, 0.29) is 33.8 Å². The summed E-state index contributed by atoms with van der Waals surface area (Å²) in [4.78, 5) is 22.8. The lowest BCUT2D eigenvalue weighted by Gasteiger charge is -2.11. The number of nitrogens with one attached hydrogen (secondary N) is 1. The Balaban J connectivity index is 1.54. The molecule has 2 aromatic carbocycles. The number of carbonyl (C=O) groups is 1. The summed E-state index contributed by atoms with van der Waals surface area (Å²) in [6.07, 6.45) is 0. The highest BCUT2D eigenvalue weighted by Gasteiger charge is 2.18. The Bertz CT molecular complexity index is 1230. The Morgan fingerprint density at radius 2 is 1.91 bits per heavy atom. The molecule has 32 heavy (non-hydrogen) atoms. The highest BCUT2D eigenvalue weighted by atomic mass is 32.2.